The first-order valence-corrected chi connectivity index (χ1v) is 2.69. The molecule has 0 radical (unpaired) electrons. The Morgan fingerprint density at radius 2 is 2.00 bits per heavy atom. The summed E-state index contributed by atoms with van der Waals surface area (Å²) in [5, 5.41) is 8.46. The third-order valence-corrected chi connectivity index (χ3v) is 1.32. The third-order valence-electron chi connectivity index (χ3n) is 1.32. The maximum Gasteiger partial charge on any atom is 0.268 e. The fraction of sp³-hybridized carbons (Fsp3) is 0.333. The molecular weight excluding hydrogens is 136 g/mol. The van der Waals surface area contributed by atoms with Crippen molar-refractivity contribution < 1.29 is 9.84 Å². The average Bonchev–Trinajstić information content (AvgIpc) is 1.97. The molecule has 54 valence electrons. The van der Waals surface area contributed by atoms with Gasteiger partial charge in [-0.15, -0.1) is 0 Å². The summed E-state index contributed by atoms with van der Waals surface area (Å²) in [5.41, 5.74) is -1.21. The van der Waals surface area contributed by atoms with Crippen LogP contribution in [0, 0.1) is 0 Å². The number of aliphatic hydroxyl groups excluding tert-OH is 1. The van der Waals surface area contributed by atoms with Gasteiger partial charge in [0, 0.05) is 0 Å². The van der Waals surface area contributed by atoms with Gasteiger partial charge in [0.15, 0.2) is 5.75 Å². The molecule has 1 N–H and O–H groups in total. The van der Waals surface area contributed by atoms with Gasteiger partial charge in [0.2, 0.25) is 5.43 Å². The molecule has 0 spiro atoms. The SMILES string of the molecule is COc1c(CO)c(=O)c1=O. The molecule has 4 nitrogen and oxygen atoms in total. The van der Waals surface area contributed by atoms with Crippen LogP contribution in [-0.2, 0) is 6.61 Å². The lowest BCUT2D eigenvalue weighted by Crippen LogP contribution is -2.36. The third kappa shape index (κ3) is 0.657. The predicted molar refractivity (Wildman–Crippen MR) is 33.8 cm³/mol. The molecule has 0 amide bonds. The molecule has 1 rings (SSSR count). The number of rotatable bonds is 2. The van der Waals surface area contributed by atoms with Gasteiger partial charge in [-0.05, 0) is 0 Å². The van der Waals surface area contributed by atoms with Crippen molar-refractivity contribution in [2.45, 2.75) is 6.61 Å². The molecular formula is C6H6O4. The average molecular weight is 142 g/mol. The monoisotopic (exact) mass is 142 g/mol. The Bertz CT molecular complexity index is 273. The molecule has 0 saturated heterocycles. The molecule has 10 heavy (non-hydrogen) atoms. The molecule has 0 aliphatic heterocycles. The van der Waals surface area contributed by atoms with Crippen molar-refractivity contribution >= 4 is 0 Å². The fourth-order valence-corrected chi connectivity index (χ4v) is 0.777. The zero-order chi connectivity index (χ0) is 7.72. The zero-order valence-corrected chi connectivity index (χ0v) is 5.38. The Balaban J connectivity index is 3.16. The van der Waals surface area contributed by atoms with E-state index in [2.05, 4.69) is 4.74 Å². The van der Waals surface area contributed by atoms with E-state index in [0.29, 0.717) is 0 Å². The molecule has 0 fully saturated rings. The zero-order valence-electron chi connectivity index (χ0n) is 5.38. The molecule has 0 aromatic heterocycles. The van der Waals surface area contributed by atoms with E-state index in [0.717, 1.165) is 0 Å². The number of aliphatic hydroxyl groups is 1. The van der Waals surface area contributed by atoms with E-state index >= 15 is 0 Å². The highest BCUT2D eigenvalue weighted by Crippen LogP contribution is 2.08. The van der Waals surface area contributed by atoms with Crippen LogP contribution in [-0.4, -0.2) is 12.2 Å². The minimum atomic E-state index is -0.647. The summed E-state index contributed by atoms with van der Waals surface area (Å²) in [6, 6.07) is 0. The van der Waals surface area contributed by atoms with Crippen LogP contribution in [0.15, 0.2) is 9.59 Å². The van der Waals surface area contributed by atoms with E-state index in [9.17, 15) is 9.59 Å². The number of hydrogen-bond donors (Lipinski definition) is 1. The van der Waals surface area contributed by atoms with Gasteiger partial charge in [-0.2, -0.15) is 0 Å². The molecule has 0 bridgehead atoms. The van der Waals surface area contributed by atoms with E-state index in [1.807, 2.05) is 0 Å². The van der Waals surface area contributed by atoms with Crippen molar-refractivity contribution in [3.8, 4) is 5.75 Å². The molecule has 0 aliphatic rings. The second kappa shape index (κ2) is 2.22. The van der Waals surface area contributed by atoms with Crippen LogP contribution in [0.1, 0.15) is 5.56 Å². The van der Waals surface area contributed by atoms with E-state index in [4.69, 9.17) is 5.11 Å². The molecule has 0 aliphatic carbocycles. The first-order valence-electron chi connectivity index (χ1n) is 2.69. The lowest BCUT2D eigenvalue weighted by Gasteiger charge is -2.04. The highest BCUT2D eigenvalue weighted by Gasteiger charge is 2.19. The minimum absolute atomic E-state index is 0.00694. The van der Waals surface area contributed by atoms with Gasteiger partial charge in [0.25, 0.3) is 5.43 Å². The second-order valence-corrected chi connectivity index (χ2v) is 1.83. The lowest BCUT2D eigenvalue weighted by atomic mass is 10.1. The van der Waals surface area contributed by atoms with E-state index in [1.54, 1.807) is 0 Å². The maximum absolute atomic E-state index is 10.5. The topological polar surface area (TPSA) is 63.6 Å². The summed E-state index contributed by atoms with van der Waals surface area (Å²) in [7, 11) is 1.29. The summed E-state index contributed by atoms with van der Waals surface area (Å²) in [6.07, 6.45) is 0. The van der Waals surface area contributed by atoms with Gasteiger partial charge in [-0.25, -0.2) is 0 Å². The Labute approximate surface area is 56.4 Å². The summed E-state index contributed by atoms with van der Waals surface area (Å²) in [4.78, 5) is 21.0. The lowest BCUT2D eigenvalue weighted by molar-refractivity contribution is 0.268. The van der Waals surface area contributed by atoms with Crippen LogP contribution in [0.5, 0.6) is 5.75 Å². The van der Waals surface area contributed by atoms with Crippen molar-refractivity contribution in [3.63, 3.8) is 0 Å². The quantitative estimate of drug-likeness (QED) is 0.526. The highest BCUT2D eigenvalue weighted by atomic mass is 16.5. The maximum atomic E-state index is 10.5. The van der Waals surface area contributed by atoms with Gasteiger partial charge >= 0.3 is 0 Å². The van der Waals surface area contributed by atoms with Gasteiger partial charge in [-0.1, -0.05) is 0 Å². The second-order valence-electron chi connectivity index (χ2n) is 1.83. The van der Waals surface area contributed by atoms with E-state index in [-0.39, 0.29) is 11.3 Å². The van der Waals surface area contributed by atoms with Crippen molar-refractivity contribution in [2.24, 2.45) is 0 Å². The molecule has 4 heteroatoms. The van der Waals surface area contributed by atoms with Gasteiger partial charge < -0.3 is 9.84 Å². The van der Waals surface area contributed by atoms with Crippen LogP contribution < -0.4 is 15.6 Å². The van der Waals surface area contributed by atoms with Crippen LogP contribution in [0.2, 0.25) is 0 Å². The summed E-state index contributed by atoms with van der Waals surface area (Å²) in [5.74, 6) is -0.00694. The first kappa shape index (κ1) is 6.95. The largest absolute Gasteiger partial charge is 0.492 e. The van der Waals surface area contributed by atoms with Gasteiger partial charge in [-0.3, -0.25) is 9.59 Å². The van der Waals surface area contributed by atoms with Crippen LogP contribution >= 0.6 is 0 Å². The fourth-order valence-electron chi connectivity index (χ4n) is 0.777. The van der Waals surface area contributed by atoms with Crippen LogP contribution in [0.3, 0.4) is 0 Å². The van der Waals surface area contributed by atoms with E-state index < -0.39 is 17.5 Å². The minimum Gasteiger partial charge on any atom is -0.492 e. The van der Waals surface area contributed by atoms with Crippen molar-refractivity contribution in [2.75, 3.05) is 7.11 Å². The molecule has 0 atom stereocenters. The standard InChI is InChI=1S/C6H6O4/c1-10-6-3(2-7)4(8)5(6)9/h7H,2H2,1H3. The van der Waals surface area contributed by atoms with Crippen LogP contribution in [0.25, 0.3) is 0 Å². The Morgan fingerprint density at radius 1 is 1.40 bits per heavy atom. The predicted octanol–water partition coefficient (Wildman–Crippen LogP) is -1.22. The van der Waals surface area contributed by atoms with Gasteiger partial charge in [0.1, 0.15) is 0 Å². The summed E-state index contributed by atoms with van der Waals surface area (Å²) < 4.78 is 4.52. The molecule has 1 aromatic carbocycles. The highest BCUT2D eigenvalue weighted by molar-refractivity contribution is 5.38. The van der Waals surface area contributed by atoms with Crippen molar-refractivity contribution in [1.29, 1.82) is 0 Å². The van der Waals surface area contributed by atoms with E-state index in [1.165, 1.54) is 7.11 Å². The molecule has 1 aromatic rings. The van der Waals surface area contributed by atoms with Crippen LogP contribution in [0.4, 0.5) is 0 Å². The number of methoxy groups -OCH3 is 1. The summed E-state index contributed by atoms with van der Waals surface area (Å²) in [6.45, 7) is -0.423. The number of hydrogen-bond acceptors (Lipinski definition) is 4. The normalized spacial score (nSPS) is 10.2. The molecule has 0 saturated carbocycles. The Kier molecular flexibility index (Phi) is 1.55. The Hall–Kier alpha value is -1.16. The molecule has 0 unspecified atom stereocenters. The van der Waals surface area contributed by atoms with Crippen molar-refractivity contribution in [3.05, 3.63) is 26.0 Å². The number of ether oxygens (including phenoxy) is 1. The van der Waals surface area contributed by atoms with Crippen molar-refractivity contribution in [1.82, 2.24) is 0 Å². The first-order chi connectivity index (χ1) is 4.72. The van der Waals surface area contributed by atoms with Gasteiger partial charge in [0.05, 0.1) is 19.3 Å². The molecule has 0 heterocycles. The Morgan fingerprint density at radius 3 is 2.30 bits per heavy atom. The summed E-state index contributed by atoms with van der Waals surface area (Å²) >= 11 is 0. The smallest absolute Gasteiger partial charge is 0.268 e.